The summed E-state index contributed by atoms with van der Waals surface area (Å²) in [5.41, 5.74) is 4.49. The highest BCUT2D eigenvalue weighted by atomic mass is 19.1. The molecule has 2 N–H and O–H groups in total. The molecule has 0 bridgehead atoms. The average Bonchev–Trinajstić information content (AvgIpc) is 3.44. The topological polar surface area (TPSA) is 57.4 Å². The lowest BCUT2D eigenvalue weighted by Crippen LogP contribution is -2.25. The van der Waals surface area contributed by atoms with Gasteiger partial charge in [0.1, 0.15) is 18.2 Å². The SMILES string of the molecule is Cc1[nH]c2c(F)ccc(C)c2c1CCNC(=O)/C=C/c1ccc(OCCN2CCCC2)cc1. The summed E-state index contributed by atoms with van der Waals surface area (Å²) < 4.78 is 19.9. The van der Waals surface area contributed by atoms with E-state index in [1.807, 2.05) is 38.1 Å². The maximum atomic E-state index is 14.1. The van der Waals surface area contributed by atoms with Crippen LogP contribution in [0.2, 0.25) is 0 Å². The summed E-state index contributed by atoms with van der Waals surface area (Å²) in [7, 11) is 0. The fraction of sp³-hybridized carbons (Fsp3) is 0.370. The average molecular weight is 450 g/mol. The van der Waals surface area contributed by atoms with Gasteiger partial charge in [-0.15, -0.1) is 0 Å². The highest BCUT2D eigenvalue weighted by molar-refractivity contribution is 5.92. The second-order valence-corrected chi connectivity index (χ2v) is 8.68. The van der Waals surface area contributed by atoms with Crippen molar-refractivity contribution >= 4 is 22.9 Å². The second-order valence-electron chi connectivity index (χ2n) is 8.68. The minimum atomic E-state index is -0.250. The van der Waals surface area contributed by atoms with Crippen molar-refractivity contribution in [2.75, 3.05) is 32.8 Å². The third-order valence-corrected chi connectivity index (χ3v) is 6.29. The van der Waals surface area contributed by atoms with Crippen LogP contribution in [0.4, 0.5) is 4.39 Å². The van der Waals surface area contributed by atoms with Crippen LogP contribution in [0.15, 0.2) is 42.5 Å². The number of hydrogen-bond acceptors (Lipinski definition) is 3. The molecule has 6 heteroatoms. The number of nitrogens with zero attached hydrogens (tertiary/aromatic N) is 1. The van der Waals surface area contributed by atoms with Gasteiger partial charge in [0.25, 0.3) is 0 Å². The molecule has 1 aromatic heterocycles. The second kappa shape index (κ2) is 10.7. The molecule has 33 heavy (non-hydrogen) atoms. The van der Waals surface area contributed by atoms with Gasteiger partial charge in [-0.25, -0.2) is 4.39 Å². The Balaban J connectivity index is 1.24. The number of aromatic amines is 1. The van der Waals surface area contributed by atoms with Crippen LogP contribution in [0.1, 0.15) is 35.2 Å². The standard InChI is InChI=1S/C27H32FN3O2/c1-19-5-11-24(28)27-26(19)23(20(2)30-27)13-14-29-25(32)12-8-21-6-9-22(10-7-21)33-18-17-31-15-3-4-16-31/h5-12,30H,3-4,13-18H2,1-2H3,(H,29,32)/b12-8+. The molecule has 0 atom stereocenters. The summed E-state index contributed by atoms with van der Waals surface area (Å²) in [4.78, 5) is 17.8. The molecule has 5 nitrogen and oxygen atoms in total. The lowest BCUT2D eigenvalue weighted by atomic mass is 10.0. The molecule has 1 aliphatic rings. The fourth-order valence-corrected chi connectivity index (χ4v) is 4.47. The maximum Gasteiger partial charge on any atom is 0.244 e. The molecule has 0 spiro atoms. The molecular formula is C27H32FN3O2. The van der Waals surface area contributed by atoms with Gasteiger partial charge in [0, 0.05) is 30.2 Å². The first-order valence-electron chi connectivity index (χ1n) is 11.7. The largest absolute Gasteiger partial charge is 0.492 e. The van der Waals surface area contributed by atoms with E-state index in [0.717, 1.165) is 40.1 Å². The first-order chi connectivity index (χ1) is 16.0. The Morgan fingerprint density at radius 2 is 1.91 bits per heavy atom. The molecule has 3 aromatic rings. The van der Waals surface area contributed by atoms with Crippen molar-refractivity contribution in [2.45, 2.75) is 33.1 Å². The van der Waals surface area contributed by atoms with Crippen molar-refractivity contribution in [1.29, 1.82) is 0 Å². The minimum absolute atomic E-state index is 0.152. The van der Waals surface area contributed by atoms with Crippen molar-refractivity contribution in [3.05, 3.63) is 70.7 Å². The molecule has 1 saturated heterocycles. The number of carbonyl (C=O) groups is 1. The van der Waals surface area contributed by atoms with Gasteiger partial charge < -0.3 is 15.0 Å². The van der Waals surface area contributed by atoms with Gasteiger partial charge >= 0.3 is 0 Å². The molecule has 2 aromatic carbocycles. The van der Waals surface area contributed by atoms with Gasteiger partial charge in [-0.05, 0) is 87.2 Å². The number of likely N-dealkylation sites (tertiary alicyclic amines) is 1. The summed E-state index contributed by atoms with van der Waals surface area (Å²) in [6.45, 7) is 8.41. The number of benzene rings is 2. The van der Waals surface area contributed by atoms with Crippen LogP contribution in [-0.2, 0) is 11.2 Å². The first kappa shape index (κ1) is 23.1. The van der Waals surface area contributed by atoms with E-state index in [9.17, 15) is 9.18 Å². The molecule has 0 unspecified atom stereocenters. The van der Waals surface area contributed by atoms with Crippen LogP contribution >= 0.6 is 0 Å². The fourth-order valence-electron chi connectivity index (χ4n) is 4.47. The molecule has 0 aliphatic carbocycles. The number of H-pyrrole nitrogens is 1. The zero-order valence-corrected chi connectivity index (χ0v) is 19.4. The number of amides is 1. The van der Waals surface area contributed by atoms with E-state index in [0.29, 0.717) is 25.1 Å². The van der Waals surface area contributed by atoms with Gasteiger partial charge in [-0.1, -0.05) is 18.2 Å². The Bertz CT molecular complexity index is 1130. The Morgan fingerprint density at radius 1 is 1.15 bits per heavy atom. The third-order valence-electron chi connectivity index (χ3n) is 6.29. The number of aryl methyl sites for hydroxylation is 2. The zero-order valence-electron chi connectivity index (χ0n) is 19.4. The van der Waals surface area contributed by atoms with Crippen LogP contribution in [0.5, 0.6) is 5.75 Å². The molecule has 1 aliphatic heterocycles. The monoisotopic (exact) mass is 449 g/mol. The molecule has 1 fully saturated rings. The number of aromatic nitrogens is 1. The lowest BCUT2D eigenvalue weighted by molar-refractivity contribution is -0.116. The Labute approximate surface area is 194 Å². The van der Waals surface area contributed by atoms with Crippen LogP contribution in [0.3, 0.4) is 0 Å². The highest BCUT2D eigenvalue weighted by Gasteiger charge is 2.14. The maximum absolute atomic E-state index is 14.1. The van der Waals surface area contributed by atoms with E-state index in [1.54, 1.807) is 12.1 Å². The van der Waals surface area contributed by atoms with Crippen LogP contribution in [0, 0.1) is 19.7 Å². The molecule has 0 saturated carbocycles. The summed E-state index contributed by atoms with van der Waals surface area (Å²) in [6.07, 6.45) is 6.54. The minimum Gasteiger partial charge on any atom is -0.492 e. The molecular weight excluding hydrogens is 417 g/mol. The third kappa shape index (κ3) is 5.82. The van der Waals surface area contributed by atoms with E-state index in [1.165, 1.54) is 38.1 Å². The number of rotatable bonds is 9. The Kier molecular flexibility index (Phi) is 7.45. The number of nitrogens with one attached hydrogen (secondary N) is 2. The quantitative estimate of drug-likeness (QED) is 0.463. The normalized spacial score (nSPS) is 14.4. The van der Waals surface area contributed by atoms with E-state index < -0.39 is 0 Å². The lowest BCUT2D eigenvalue weighted by Gasteiger charge is -2.14. The van der Waals surface area contributed by atoms with E-state index >= 15 is 0 Å². The van der Waals surface area contributed by atoms with Crippen molar-refractivity contribution in [3.63, 3.8) is 0 Å². The van der Waals surface area contributed by atoms with Crippen LogP contribution in [-0.4, -0.2) is 48.6 Å². The molecule has 1 amide bonds. The van der Waals surface area contributed by atoms with Crippen LogP contribution < -0.4 is 10.1 Å². The van der Waals surface area contributed by atoms with Crippen molar-refractivity contribution in [3.8, 4) is 5.75 Å². The Morgan fingerprint density at radius 3 is 2.67 bits per heavy atom. The first-order valence-corrected chi connectivity index (χ1v) is 11.7. The predicted molar refractivity (Wildman–Crippen MR) is 131 cm³/mol. The molecule has 4 rings (SSSR count). The number of ether oxygens (including phenoxy) is 1. The van der Waals surface area contributed by atoms with Gasteiger partial charge in [-0.3, -0.25) is 9.69 Å². The van der Waals surface area contributed by atoms with Crippen molar-refractivity contribution < 1.29 is 13.9 Å². The van der Waals surface area contributed by atoms with E-state index in [4.69, 9.17) is 4.74 Å². The molecule has 2 heterocycles. The van der Waals surface area contributed by atoms with Crippen LogP contribution in [0.25, 0.3) is 17.0 Å². The zero-order chi connectivity index (χ0) is 23.2. The number of fused-ring (bicyclic) bond motifs is 1. The highest BCUT2D eigenvalue weighted by Crippen LogP contribution is 2.27. The molecule has 0 radical (unpaired) electrons. The van der Waals surface area contributed by atoms with E-state index in [-0.39, 0.29) is 11.7 Å². The Hall–Kier alpha value is -3.12. The summed E-state index contributed by atoms with van der Waals surface area (Å²) in [5.74, 6) is 0.442. The number of halogens is 1. The van der Waals surface area contributed by atoms with E-state index in [2.05, 4.69) is 15.2 Å². The van der Waals surface area contributed by atoms with Crippen molar-refractivity contribution in [1.82, 2.24) is 15.2 Å². The van der Waals surface area contributed by atoms with Gasteiger partial charge in [0.05, 0.1) is 5.52 Å². The number of carbonyl (C=O) groups excluding carboxylic acids is 1. The van der Waals surface area contributed by atoms with Gasteiger partial charge in [0.2, 0.25) is 5.91 Å². The van der Waals surface area contributed by atoms with Gasteiger partial charge in [-0.2, -0.15) is 0 Å². The smallest absolute Gasteiger partial charge is 0.244 e. The van der Waals surface area contributed by atoms with Gasteiger partial charge in [0.15, 0.2) is 0 Å². The predicted octanol–water partition coefficient (Wildman–Crippen LogP) is 4.77. The number of hydrogen-bond donors (Lipinski definition) is 2. The molecule has 174 valence electrons. The summed E-state index contributed by atoms with van der Waals surface area (Å²) in [5, 5.41) is 3.84. The summed E-state index contributed by atoms with van der Waals surface area (Å²) in [6, 6.07) is 11.0. The summed E-state index contributed by atoms with van der Waals surface area (Å²) >= 11 is 0. The van der Waals surface area contributed by atoms with Crippen molar-refractivity contribution in [2.24, 2.45) is 0 Å².